The predicted octanol–water partition coefficient (Wildman–Crippen LogP) is 6.91. The zero-order chi connectivity index (χ0) is 22.7. The molecule has 0 aliphatic rings. The van der Waals surface area contributed by atoms with E-state index in [9.17, 15) is 13.2 Å². The quantitative estimate of drug-likeness (QED) is 0.284. The fraction of sp³-hybridized carbons (Fsp3) is 0.130. The second kappa shape index (κ2) is 9.26. The minimum atomic E-state index is -4.39. The van der Waals surface area contributed by atoms with Crippen LogP contribution < -0.4 is 4.74 Å². The van der Waals surface area contributed by atoms with Gasteiger partial charge < -0.3 is 4.74 Å². The Bertz CT molecular complexity index is 1230. The molecule has 4 aromatic rings. The van der Waals surface area contributed by atoms with Crippen LogP contribution >= 0.6 is 23.4 Å². The van der Waals surface area contributed by atoms with Crippen LogP contribution in [0.2, 0.25) is 5.02 Å². The largest absolute Gasteiger partial charge is 0.497 e. The summed E-state index contributed by atoms with van der Waals surface area (Å²) >= 11 is 7.35. The lowest BCUT2D eigenvalue weighted by molar-refractivity contribution is -0.137. The molecule has 1 aromatic heterocycles. The SMILES string of the molecule is COc1cccc(-c2nnc(SCc3cccc(C(F)(F)F)c3)n2-c2ccc(Cl)cc2)c1. The maximum absolute atomic E-state index is 13.0. The first kappa shape index (κ1) is 22.2. The third kappa shape index (κ3) is 4.92. The van der Waals surface area contributed by atoms with Crippen molar-refractivity contribution in [1.82, 2.24) is 14.8 Å². The molecule has 0 aliphatic carbocycles. The highest BCUT2D eigenvalue weighted by atomic mass is 35.5. The molecule has 0 aliphatic heterocycles. The zero-order valence-electron chi connectivity index (χ0n) is 16.8. The molecule has 0 N–H and O–H groups in total. The molecule has 0 saturated heterocycles. The molecule has 0 radical (unpaired) electrons. The summed E-state index contributed by atoms with van der Waals surface area (Å²) in [6.45, 7) is 0. The van der Waals surface area contributed by atoms with E-state index >= 15 is 0 Å². The van der Waals surface area contributed by atoms with Crippen molar-refractivity contribution in [2.75, 3.05) is 7.11 Å². The van der Waals surface area contributed by atoms with Gasteiger partial charge in [0.25, 0.3) is 0 Å². The molecule has 0 amide bonds. The molecular formula is C23H17ClF3N3OS. The summed E-state index contributed by atoms with van der Waals surface area (Å²) in [5.74, 6) is 1.55. The highest BCUT2D eigenvalue weighted by Gasteiger charge is 2.30. The van der Waals surface area contributed by atoms with E-state index < -0.39 is 11.7 Å². The van der Waals surface area contributed by atoms with Gasteiger partial charge >= 0.3 is 6.18 Å². The van der Waals surface area contributed by atoms with Gasteiger partial charge in [0.15, 0.2) is 11.0 Å². The Labute approximate surface area is 192 Å². The van der Waals surface area contributed by atoms with Crippen molar-refractivity contribution in [3.05, 3.63) is 88.9 Å². The maximum Gasteiger partial charge on any atom is 0.416 e. The summed E-state index contributed by atoms with van der Waals surface area (Å²) < 4.78 is 46.3. The Morgan fingerprint density at radius 2 is 1.72 bits per heavy atom. The second-order valence-electron chi connectivity index (χ2n) is 6.84. The monoisotopic (exact) mass is 475 g/mol. The van der Waals surface area contributed by atoms with Crippen LogP contribution in [0.25, 0.3) is 17.1 Å². The number of rotatable bonds is 6. The third-order valence-corrected chi connectivity index (χ3v) is 5.92. The van der Waals surface area contributed by atoms with Crippen LogP contribution in [0, 0.1) is 0 Å². The summed E-state index contributed by atoms with van der Waals surface area (Å²) in [5, 5.41) is 9.80. The van der Waals surface area contributed by atoms with E-state index in [1.807, 2.05) is 41.0 Å². The van der Waals surface area contributed by atoms with Crippen molar-refractivity contribution in [1.29, 1.82) is 0 Å². The number of thioether (sulfide) groups is 1. The summed E-state index contributed by atoms with van der Waals surface area (Å²) in [7, 11) is 1.58. The van der Waals surface area contributed by atoms with Gasteiger partial charge in [-0.05, 0) is 48.0 Å². The molecule has 0 atom stereocenters. The van der Waals surface area contributed by atoms with Crippen LogP contribution in [0.15, 0.2) is 78.0 Å². The van der Waals surface area contributed by atoms with E-state index in [0.717, 1.165) is 23.4 Å². The van der Waals surface area contributed by atoms with Crippen molar-refractivity contribution in [2.24, 2.45) is 0 Å². The first-order valence-corrected chi connectivity index (χ1v) is 10.9. The first-order chi connectivity index (χ1) is 15.3. The fourth-order valence-corrected chi connectivity index (χ4v) is 4.14. The Hall–Kier alpha value is -2.97. The van der Waals surface area contributed by atoms with Gasteiger partial charge in [-0.1, -0.05) is 53.7 Å². The van der Waals surface area contributed by atoms with E-state index in [4.69, 9.17) is 16.3 Å². The van der Waals surface area contributed by atoms with E-state index in [-0.39, 0.29) is 0 Å². The van der Waals surface area contributed by atoms with E-state index in [1.54, 1.807) is 25.3 Å². The zero-order valence-corrected chi connectivity index (χ0v) is 18.4. The molecule has 164 valence electrons. The molecule has 0 saturated carbocycles. The molecule has 4 rings (SSSR count). The molecule has 0 unspecified atom stereocenters. The molecule has 0 bridgehead atoms. The Morgan fingerprint density at radius 1 is 0.969 bits per heavy atom. The molecule has 0 fully saturated rings. The van der Waals surface area contributed by atoms with Crippen LogP contribution in [0.3, 0.4) is 0 Å². The van der Waals surface area contributed by atoms with Gasteiger partial charge in [-0.2, -0.15) is 13.2 Å². The number of aromatic nitrogens is 3. The number of nitrogens with zero attached hydrogens (tertiary/aromatic N) is 3. The first-order valence-electron chi connectivity index (χ1n) is 9.50. The van der Waals surface area contributed by atoms with Crippen molar-refractivity contribution >= 4 is 23.4 Å². The number of ether oxygens (including phenoxy) is 1. The van der Waals surface area contributed by atoms with Crippen molar-refractivity contribution < 1.29 is 17.9 Å². The molecule has 3 aromatic carbocycles. The van der Waals surface area contributed by atoms with Gasteiger partial charge in [0, 0.05) is 22.0 Å². The van der Waals surface area contributed by atoms with Crippen molar-refractivity contribution in [2.45, 2.75) is 17.1 Å². The van der Waals surface area contributed by atoms with Crippen LogP contribution in [0.5, 0.6) is 5.75 Å². The third-order valence-electron chi connectivity index (χ3n) is 4.67. The van der Waals surface area contributed by atoms with Crippen LogP contribution in [-0.2, 0) is 11.9 Å². The second-order valence-corrected chi connectivity index (χ2v) is 8.22. The Balaban J connectivity index is 1.71. The van der Waals surface area contributed by atoms with Crippen LogP contribution in [0.1, 0.15) is 11.1 Å². The average Bonchev–Trinajstić information content (AvgIpc) is 3.22. The predicted molar refractivity (Wildman–Crippen MR) is 119 cm³/mol. The minimum Gasteiger partial charge on any atom is -0.497 e. The lowest BCUT2D eigenvalue weighted by Gasteiger charge is -2.12. The standard InChI is InChI=1S/C23H17ClF3N3OS/c1-31-20-7-3-5-16(13-20)21-28-29-22(30(21)19-10-8-18(24)9-11-19)32-14-15-4-2-6-17(12-15)23(25,26)27/h2-13H,14H2,1H3. The van der Waals surface area contributed by atoms with Gasteiger partial charge in [0.1, 0.15) is 5.75 Å². The van der Waals surface area contributed by atoms with Gasteiger partial charge in [0.2, 0.25) is 0 Å². The van der Waals surface area contributed by atoms with E-state index in [1.165, 1.54) is 17.8 Å². The average molecular weight is 476 g/mol. The molecule has 32 heavy (non-hydrogen) atoms. The Morgan fingerprint density at radius 3 is 2.44 bits per heavy atom. The molecule has 9 heteroatoms. The van der Waals surface area contributed by atoms with Crippen molar-refractivity contribution in [3.63, 3.8) is 0 Å². The van der Waals surface area contributed by atoms with Gasteiger partial charge in [-0.3, -0.25) is 4.57 Å². The smallest absolute Gasteiger partial charge is 0.416 e. The molecule has 4 nitrogen and oxygen atoms in total. The number of benzene rings is 3. The maximum atomic E-state index is 13.0. The molecule has 0 spiro atoms. The highest BCUT2D eigenvalue weighted by Crippen LogP contribution is 2.33. The highest BCUT2D eigenvalue weighted by molar-refractivity contribution is 7.98. The number of methoxy groups -OCH3 is 1. The summed E-state index contributed by atoms with van der Waals surface area (Å²) in [5.41, 5.74) is 1.44. The lowest BCUT2D eigenvalue weighted by Crippen LogP contribution is -2.05. The van der Waals surface area contributed by atoms with Gasteiger partial charge in [0.05, 0.1) is 12.7 Å². The summed E-state index contributed by atoms with van der Waals surface area (Å²) in [4.78, 5) is 0. The summed E-state index contributed by atoms with van der Waals surface area (Å²) in [6.07, 6.45) is -4.39. The Kier molecular flexibility index (Phi) is 6.43. The normalized spacial score (nSPS) is 11.5. The molecule has 1 heterocycles. The lowest BCUT2D eigenvalue weighted by atomic mass is 10.1. The number of alkyl halides is 3. The number of hydrogen-bond donors (Lipinski definition) is 0. The molecular weight excluding hydrogens is 459 g/mol. The van der Waals surface area contributed by atoms with Crippen LogP contribution in [0.4, 0.5) is 13.2 Å². The van der Waals surface area contributed by atoms with Crippen LogP contribution in [-0.4, -0.2) is 21.9 Å². The van der Waals surface area contributed by atoms with Crippen molar-refractivity contribution in [3.8, 4) is 22.8 Å². The minimum absolute atomic E-state index is 0.299. The summed E-state index contributed by atoms with van der Waals surface area (Å²) in [6, 6.07) is 19.9. The van der Waals surface area contributed by atoms with E-state index in [0.29, 0.717) is 33.1 Å². The van der Waals surface area contributed by atoms with Gasteiger partial charge in [-0.15, -0.1) is 10.2 Å². The fourth-order valence-electron chi connectivity index (χ4n) is 3.12. The van der Waals surface area contributed by atoms with Gasteiger partial charge in [-0.25, -0.2) is 0 Å². The number of halogens is 4. The topological polar surface area (TPSA) is 39.9 Å². The van der Waals surface area contributed by atoms with E-state index in [2.05, 4.69) is 10.2 Å². The number of hydrogen-bond acceptors (Lipinski definition) is 4.